The molecule has 3 saturated heterocycles. The minimum absolute atomic E-state index is 0.0364. The second-order valence-corrected chi connectivity index (χ2v) is 10.0. The molecule has 0 radical (unpaired) electrons. The Morgan fingerprint density at radius 1 is 1.19 bits per heavy atom. The van der Waals surface area contributed by atoms with Gasteiger partial charge in [0.1, 0.15) is 5.60 Å². The Morgan fingerprint density at radius 2 is 1.89 bits per heavy atom. The maximum Gasteiger partial charge on any atom is 0.254 e. The number of hydrogen-bond donors (Lipinski definition) is 0. The molecule has 0 saturated carbocycles. The first kappa shape index (κ1) is 18.8. The van der Waals surface area contributed by atoms with Crippen molar-refractivity contribution < 1.29 is 26.7 Å². The van der Waals surface area contributed by atoms with Crippen LogP contribution in [0.2, 0.25) is 0 Å². The highest BCUT2D eigenvalue weighted by molar-refractivity contribution is 7.92. The summed E-state index contributed by atoms with van der Waals surface area (Å²) in [4.78, 5) is 16.0. The van der Waals surface area contributed by atoms with Gasteiger partial charge in [0.25, 0.3) is 5.91 Å². The maximum absolute atomic E-state index is 13.3. The van der Waals surface area contributed by atoms with E-state index in [9.17, 15) is 22.0 Å². The van der Waals surface area contributed by atoms with Crippen LogP contribution >= 0.6 is 0 Å². The third kappa shape index (κ3) is 3.60. The molecule has 1 aromatic rings. The number of rotatable bonds is 3. The van der Waals surface area contributed by atoms with E-state index in [4.69, 9.17) is 4.74 Å². The van der Waals surface area contributed by atoms with Crippen LogP contribution in [-0.2, 0) is 14.6 Å². The molecule has 27 heavy (non-hydrogen) atoms. The van der Waals surface area contributed by atoms with E-state index in [1.54, 1.807) is 0 Å². The van der Waals surface area contributed by atoms with Crippen molar-refractivity contribution in [3.63, 3.8) is 0 Å². The number of amides is 1. The molecule has 3 aliphatic heterocycles. The Bertz CT molecular complexity index is 849. The highest BCUT2D eigenvalue weighted by Crippen LogP contribution is 2.34. The lowest BCUT2D eigenvalue weighted by Gasteiger charge is -2.52. The number of carbonyl (C=O) groups is 1. The topological polar surface area (TPSA) is 66.9 Å². The number of likely N-dealkylation sites (tertiary alicyclic amines) is 2. The summed E-state index contributed by atoms with van der Waals surface area (Å²) in [6, 6.07) is 2.98. The minimum atomic E-state index is -3.32. The predicted molar refractivity (Wildman–Crippen MR) is 94.2 cm³/mol. The Kier molecular flexibility index (Phi) is 4.72. The molecule has 148 valence electrons. The smallest absolute Gasteiger partial charge is 0.254 e. The third-order valence-corrected chi connectivity index (χ3v) is 7.85. The molecule has 0 aliphatic carbocycles. The molecule has 3 heterocycles. The summed E-state index contributed by atoms with van der Waals surface area (Å²) in [5.41, 5.74) is -0.844. The van der Waals surface area contributed by atoms with Crippen LogP contribution in [0.1, 0.15) is 23.2 Å². The van der Waals surface area contributed by atoms with Gasteiger partial charge in [0.05, 0.1) is 30.7 Å². The van der Waals surface area contributed by atoms with Crippen LogP contribution in [0.3, 0.4) is 0 Å². The number of ether oxygens (including phenoxy) is 1. The second-order valence-electron chi connectivity index (χ2n) is 7.72. The molecule has 1 spiro atoms. The van der Waals surface area contributed by atoms with E-state index in [0.29, 0.717) is 6.54 Å². The first-order valence-corrected chi connectivity index (χ1v) is 10.8. The van der Waals surface area contributed by atoms with Crippen molar-refractivity contribution in [3.05, 3.63) is 35.4 Å². The van der Waals surface area contributed by atoms with Gasteiger partial charge in [-0.1, -0.05) is 0 Å². The average molecular weight is 400 g/mol. The highest BCUT2D eigenvalue weighted by atomic mass is 32.2. The fourth-order valence-electron chi connectivity index (χ4n) is 4.11. The van der Waals surface area contributed by atoms with Crippen molar-refractivity contribution in [2.24, 2.45) is 0 Å². The van der Waals surface area contributed by atoms with Gasteiger partial charge in [-0.05, 0) is 44.1 Å². The third-order valence-electron chi connectivity index (χ3n) is 5.62. The molecule has 4 rings (SSSR count). The van der Waals surface area contributed by atoms with Crippen molar-refractivity contribution in [2.45, 2.75) is 23.7 Å². The zero-order valence-electron chi connectivity index (χ0n) is 14.9. The standard InChI is InChI=1S/C18H22F2N2O4S/c19-15-4-3-13(7-16(15)20)17(23)22-10-18(11-22)12-27(24,25)14(9-26-18)8-21-5-1-2-6-21/h3-4,7,14H,1-2,5-6,8-12H2/t14-/m0/s1. The minimum Gasteiger partial charge on any atom is -0.369 e. The molecule has 3 aliphatic rings. The summed E-state index contributed by atoms with van der Waals surface area (Å²) in [6.45, 7) is 2.75. The van der Waals surface area contributed by atoms with Crippen molar-refractivity contribution in [3.8, 4) is 0 Å². The molecule has 0 N–H and O–H groups in total. The highest BCUT2D eigenvalue weighted by Gasteiger charge is 2.54. The van der Waals surface area contributed by atoms with Gasteiger partial charge >= 0.3 is 0 Å². The Balaban J connectivity index is 1.38. The lowest BCUT2D eigenvalue weighted by molar-refractivity contribution is -0.121. The Labute approximate surface area is 157 Å². The van der Waals surface area contributed by atoms with E-state index in [1.807, 2.05) is 0 Å². The van der Waals surface area contributed by atoms with Crippen LogP contribution in [0.15, 0.2) is 18.2 Å². The lowest BCUT2D eigenvalue weighted by atomic mass is 9.94. The fraction of sp³-hybridized carbons (Fsp3) is 0.611. The van der Waals surface area contributed by atoms with Crippen LogP contribution in [0, 0.1) is 11.6 Å². The van der Waals surface area contributed by atoms with Crippen molar-refractivity contribution in [1.29, 1.82) is 0 Å². The second kappa shape index (κ2) is 6.79. The van der Waals surface area contributed by atoms with E-state index in [0.717, 1.165) is 38.1 Å². The summed E-state index contributed by atoms with van der Waals surface area (Å²) >= 11 is 0. The molecule has 9 heteroatoms. The van der Waals surface area contributed by atoms with Gasteiger partial charge in [0, 0.05) is 12.1 Å². The van der Waals surface area contributed by atoms with Crippen molar-refractivity contribution in [1.82, 2.24) is 9.80 Å². The molecule has 0 unspecified atom stereocenters. The number of halogens is 2. The Morgan fingerprint density at radius 3 is 2.52 bits per heavy atom. The van der Waals surface area contributed by atoms with Crippen LogP contribution in [0.5, 0.6) is 0 Å². The summed E-state index contributed by atoms with van der Waals surface area (Å²) < 4.78 is 57.6. The molecule has 6 nitrogen and oxygen atoms in total. The molecule has 1 amide bonds. The van der Waals surface area contributed by atoms with E-state index < -0.39 is 38.2 Å². The fourth-order valence-corrected chi connectivity index (χ4v) is 6.05. The SMILES string of the molecule is O=C(c1ccc(F)c(F)c1)N1CC2(C1)CS(=O)(=O)[C@@H](CN1CCCC1)CO2. The average Bonchev–Trinajstić information content (AvgIpc) is 3.09. The molecular weight excluding hydrogens is 378 g/mol. The van der Waals surface area contributed by atoms with Gasteiger partial charge in [-0.25, -0.2) is 17.2 Å². The molecule has 3 fully saturated rings. The maximum atomic E-state index is 13.3. The number of benzene rings is 1. The molecule has 1 atom stereocenters. The van der Waals surface area contributed by atoms with Crippen LogP contribution in [0.4, 0.5) is 8.78 Å². The zero-order valence-corrected chi connectivity index (χ0v) is 15.7. The molecular formula is C18H22F2N2O4S. The van der Waals surface area contributed by atoms with Gasteiger partial charge in [-0.15, -0.1) is 0 Å². The van der Waals surface area contributed by atoms with Gasteiger partial charge in [-0.2, -0.15) is 0 Å². The van der Waals surface area contributed by atoms with Gasteiger partial charge < -0.3 is 14.5 Å². The van der Waals surface area contributed by atoms with E-state index in [1.165, 1.54) is 11.0 Å². The van der Waals surface area contributed by atoms with Gasteiger partial charge in [0.15, 0.2) is 21.5 Å². The van der Waals surface area contributed by atoms with Crippen molar-refractivity contribution in [2.75, 3.05) is 45.1 Å². The van der Waals surface area contributed by atoms with Gasteiger partial charge in [0.2, 0.25) is 0 Å². The van der Waals surface area contributed by atoms with E-state index in [-0.39, 0.29) is 31.0 Å². The van der Waals surface area contributed by atoms with Crippen LogP contribution in [-0.4, -0.2) is 80.1 Å². The van der Waals surface area contributed by atoms with Crippen LogP contribution in [0.25, 0.3) is 0 Å². The zero-order chi connectivity index (χ0) is 19.2. The molecule has 1 aromatic carbocycles. The van der Waals surface area contributed by atoms with E-state index in [2.05, 4.69) is 4.90 Å². The summed E-state index contributed by atoms with van der Waals surface area (Å²) in [5.74, 6) is -2.67. The van der Waals surface area contributed by atoms with Gasteiger partial charge in [-0.3, -0.25) is 4.79 Å². The predicted octanol–water partition coefficient (Wildman–Crippen LogP) is 1.07. The number of sulfone groups is 1. The quantitative estimate of drug-likeness (QED) is 0.759. The first-order chi connectivity index (χ1) is 12.8. The molecule has 0 bridgehead atoms. The Hall–Kier alpha value is -1.58. The van der Waals surface area contributed by atoms with Crippen molar-refractivity contribution >= 4 is 15.7 Å². The monoisotopic (exact) mass is 400 g/mol. The summed E-state index contributed by atoms with van der Waals surface area (Å²) in [7, 11) is -3.32. The van der Waals surface area contributed by atoms with Crippen LogP contribution < -0.4 is 0 Å². The lowest BCUT2D eigenvalue weighted by Crippen LogP contribution is -2.71. The first-order valence-electron chi connectivity index (χ1n) is 9.10. The largest absolute Gasteiger partial charge is 0.369 e. The summed E-state index contributed by atoms with van der Waals surface area (Å²) in [6.07, 6.45) is 2.19. The molecule has 0 aromatic heterocycles. The number of carbonyl (C=O) groups excluding carboxylic acids is 1. The normalized spacial score (nSPS) is 26.9. The summed E-state index contributed by atoms with van der Waals surface area (Å²) in [5, 5.41) is -0.530. The van der Waals surface area contributed by atoms with E-state index >= 15 is 0 Å². The number of nitrogens with zero attached hydrogens (tertiary/aromatic N) is 2. The number of hydrogen-bond acceptors (Lipinski definition) is 5.